The molecule has 0 fully saturated rings. The summed E-state index contributed by atoms with van der Waals surface area (Å²) in [6.45, 7) is 14.9. The van der Waals surface area contributed by atoms with Crippen LogP contribution in [0.1, 0.15) is 223 Å². The molecule has 0 heterocycles. The Balaban J connectivity index is 2.58. The number of hydrogen-bond acceptors (Lipinski definition) is 8. The number of nitrogens with zero attached hydrogens (tertiary/aromatic N) is 1. The van der Waals surface area contributed by atoms with Gasteiger partial charge in [0.25, 0.3) is 5.91 Å². The smallest absolute Gasteiger partial charge is 0.339 e. The monoisotopic (exact) mass is 910 g/mol. The molecule has 2 aromatic rings. The third-order valence-electron chi connectivity index (χ3n) is 11.6. The molecule has 0 aliphatic heterocycles. The zero-order valence-corrected chi connectivity index (χ0v) is 41.4. The lowest BCUT2D eigenvalue weighted by molar-refractivity contribution is -0.134. The van der Waals surface area contributed by atoms with Crippen LogP contribution in [0, 0.1) is 0 Å². The van der Waals surface area contributed by atoms with Gasteiger partial charge in [-0.3, -0.25) is 14.4 Å². The van der Waals surface area contributed by atoms with Crippen LogP contribution in [0.5, 0.6) is 23.0 Å². The first kappa shape index (κ1) is 56.6. The molecule has 0 bridgehead atoms. The van der Waals surface area contributed by atoms with Gasteiger partial charge in [0.2, 0.25) is 11.8 Å². The van der Waals surface area contributed by atoms with Crippen molar-refractivity contribution in [3.63, 3.8) is 0 Å². The van der Waals surface area contributed by atoms with Crippen molar-refractivity contribution in [1.82, 2.24) is 4.90 Å². The number of anilines is 2. The van der Waals surface area contributed by atoms with Crippen LogP contribution in [-0.4, -0.2) is 73.2 Å². The van der Waals surface area contributed by atoms with Crippen LogP contribution in [-0.2, 0) is 9.59 Å². The van der Waals surface area contributed by atoms with Crippen molar-refractivity contribution in [2.45, 2.75) is 202 Å². The number of carbonyl (C=O) groups excluding carboxylic acids is 3. The lowest BCUT2D eigenvalue weighted by Crippen LogP contribution is -2.33. The van der Waals surface area contributed by atoms with Crippen LogP contribution < -0.4 is 29.6 Å². The van der Waals surface area contributed by atoms with E-state index in [1.54, 1.807) is 17.0 Å². The molecule has 0 radical (unpaired) electrons. The predicted octanol–water partition coefficient (Wildman–Crippen LogP) is 13.8. The molecule has 0 spiro atoms. The summed E-state index contributed by atoms with van der Waals surface area (Å²) in [5, 5.41) is 16.2. The number of aromatic carboxylic acids is 1. The first-order valence-corrected chi connectivity index (χ1v) is 25.6. The number of carboxylic acids is 1. The topological polar surface area (TPSA) is 153 Å². The van der Waals surface area contributed by atoms with E-state index in [0.29, 0.717) is 51.0 Å². The van der Waals surface area contributed by atoms with E-state index >= 15 is 0 Å². The van der Waals surface area contributed by atoms with Gasteiger partial charge in [-0.25, -0.2) is 4.79 Å². The van der Waals surface area contributed by atoms with E-state index in [9.17, 15) is 24.3 Å². The Hall–Kier alpha value is -4.48. The standard InChI is InChI=1S/C53H87N3O9/c1-7-13-17-21-25-29-33-62-46-39-48(64-35-31-27-23-19-15-9-3)44(54-50(57)41-51(58)56(11-5)12-6)37-42(46)52(59)55-45-38-43(53(60)61)47(63-34-30-26-22-18-14-8-2)40-49(45)65-36-32-28-24-20-16-10-4/h37-40H,7-36,41H2,1-6H3,(H,54,57)(H,55,59)(H,60,61). The number of nitrogens with one attached hydrogen (secondary N) is 2. The highest BCUT2D eigenvalue weighted by molar-refractivity contribution is 6.10. The van der Waals surface area contributed by atoms with E-state index in [1.807, 2.05) is 13.8 Å². The minimum absolute atomic E-state index is 0.0954. The number of amides is 3. The fourth-order valence-electron chi connectivity index (χ4n) is 7.61. The Morgan fingerprint density at radius 2 is 0.785 bits per heavy atom. The minimum Gasteiger partial charge on any atom is -0.493 e. The maximum absolute atomic E-state index is 14.6. The lowest BCUT2D eigenvalue weighted by Gasteiger charge is -2.20. The number of carbonyl (C=O) groups is 4. The highest BCUT2D eigenvalue weighted by atomic mass is 16.5. The zero-order chi connectivity index (χ0) is 47.5. The van der Waals surface area contributed by atoms with Crippen molar-refractivity contribution in [3.8, 4) is 23.0 Å². The Bertz CT molecular complexity index is 1640. The molecule has 3 amide bonds. The van der Waals surface area contributed by atoms with Crippen molar-refractivity contribution >= 4 is 35.1 Å². The van der Waals surface area contributed by atoms with E-state index in [2.05, 4.69) is 38.3 Å². The average molecular weight is 910 g/mol. The summed E-state index contributed by atoms with van der Waals surface area (Å²) in [5.74, 6) is -1.56. The molecular formula is C53H87N3O9. The van der Waals surface area contributed by atoms with Crippen LogP contribution in [0.2, 0.25) is 0 Å². The Morgan fingerprint density at radius 1 is 0.446 bits per heavy atom. The van der Waals surface area contributed by atoms with Gasteiger partial charge in [0.05, 0.1) is 43.4 Å². The van der Waals surface area contributed by atoms with Gasteiger partial charge in [-0.1, -0.05) is 156 Å². The first-order valence-electron chi connectivity index (χ1n) is 25.6. The van der Waals surface area contributed by atoms with Gasteiger partial charge in [-0.15, -0.1) is 0 Å². The molecule has 2 aromatic carbocycles. The number of unbranched alkanes of at least 4 members (excludes halogenated alkanes) is 20. The molecule has 0 atom stereocenters. The molecule has 0 aliphatic carbocycles. The number of ether oxygens (including phenoxy) is 4. The van der Waals surface area contributed by atoms with E-state index in [4.69, 9.17) is 18.9 Å². The molecular weight excluding hydrogens is 823 g/mol. The van der Waals surface area contributed by atoms with Crippen LogP contribution >= 0.6 is 0 Å². The molecule has 0 saturated heterocycles. The molecule has 0 aliphatic rings. The second-order valence-corrected chi connectivity index (χ2v) is 17.2. The van der Waals surface area contributed by atoms with Gasteiger partial charge in [0, 0.05) is 25.2 Å². The molecule has 3 N–H and O–H groups in total. The fourth-order valence-corrected chi connectivity index (χ4v) is 7.61. The summed E-state index contributed by atoms with van der Waals surface area (Å²) < 4.78 is 25.0. The highest BCUT2D eigenvalue weighted by Gasteiger charge is 2.24. The second-order valence-electron chi connectivity index (χ2n) is 17.2. The van der Waals surface area contributed by atoms with Gasteiger partial charge in [-0.2, -0.15) is 0 Å². The van der Waals surface area contributed by atoms with Crippen LogP contribution in [0.25, 0.3) is 0 Å². The molecule has 0 saturated carbocycles. The van der Waals surface area contributed by atoms with Crippen LogP contribution in [0.15, 0.2) is 24.3 Å². The second kappa shape index (κ2) is 35.7. The SMILES string of the molecule is CCCCCCCCOc1cc(OCCCCCCCC)c(C(=O)Nc2cc(C(=O)O)c(OCCCCCCCC)cc2OCCCCCCCC)cc1NC(=O)CC(=O)N(CC)CC. The van der Waals surface area contributed by atoms with Crippen molar-refractivity contribution in [2.75, 3.05) is 50.2 Å². The van der Waals surface area contributed by atoms with Crippen molar-refractivity contribution in [2.24, 2.45) is 0 Å². The van der Waals surface area contributed by atoms with E-state index < -0.39 is 17.8 Å². The summed E-state index contributed by atoms with van der Waals surface area (Å²) in [7, 11) is 0. The Morgan fingerprint density at radius 3 is 1.17 bits per heavy atom. The van der Waals surface area contributed by atoms with Crippen LogP contribution in [0.4, 0.5) is 11.4 Å². The predicted molar refractivity (Wildman–Crippen MR) is 264 cm³/mol. The van der Waals surface area contributed by atoms with E-state index in [-0.39, 0.29) is 46.3 Å². The molecule has 12 heteroatoms. The summed E-state index contributed by atoms with van der Waals surface area (Å²) in [5.41, 5.74) is 0.415. The number of carboxylic acid groups (broad SMARTS) is 1. The zero-order valence-electron chi connectivity index (χ0n) is 41.4. The summed E-state index contributed by atoms with van der Waals surface area (Å²) in [6.07, 6.45) is 25.1. The summed E-state index contributed by atoms with van der Waals surface area (Å²) in [4.78, 5) is 55.3. The number of rotatable bonds is 40. The number of hydrogen-bond donors (Lipinski definition) is 3. The van der Waals surface area contributed by atoms with E-state index in [1.165, 1.54) is 37.8 Å². The maximum Gasteiger partial charge on any atom is 0.339 e. The van der Waals surface area contributed by atoms with E-state index in [0.717, 1.165) is 128 Å². The summed E-state index contributed by atoms with van der Waals surface area (Å²) >= 11 is 0. The average Bonchev–Trinajstić information content (AvgIpc) is 3.29. The van der Waals surface area contributed by atoms with Gasteiger partial charge in [-0.05, 0) is 51.7 Å². The van der Waals surface area contributed by atoms with Gasteiger partial charge >= 0.3 is 5.97 Å². The van der Waals surface area contributed by atoms with Gasteiger partial charge < -0.3 is 39.6 Å². The summed E-state index contributed by atoms with van der Waals surface area (Å²) in [6, 6.07) is 6.13. The molecule has 0 unspecified atom stereocenters. The van der Waals surface area contributed by atoms with Crippen molar-refractivity contribution < 1.29 is 43.2 Å². The first-order chi connectivity index (χ1) is 31.6. The third-order valence-corrected chi connectivity index (χ3v) is 11.6. The number of benzene rings is 2. The molecule has 368 valence electrons. The largest absolute Gasteiger partial charge is 0.493 e. The minimum atomic E-state index is -1.19. The quantitative estimate of drug-likeness (QED) is 0.0438. The third kappa shape index (κ3) is 23.5. The molecule has 12 nitrogen and oxygen atoms in total. The Kier molecular flexibility index (Phi) is 31.1. The highest BCUT2D eigenvalue weighted by Crippen LogP contribution is 2.38. The molecule has 65 heavy (non-hydrogen) atoms. The van der Waals surface area contributed by atoms with Crippen LogP contribution in [0.3, 0.4) is 0 Å². The van der Waals surface area contributed by atoms with Gasteiger partial charge in [0.15, 0.2) is 0 Å². The van der Waals surface area contributed by atoms with Crippen molar-refractivity contribution in [1.29, 1.82) is 0 Å². The maximum atomic E-state index is 14.6. The Labute approximate surface area is 392 Å². The normalized spacial score (nSPS) is 11.0. The molecule has 0 aromatic heterocycles. The van der Waals surface area contributed by atoms with Gasteiger partial charge in [0.1, 0.15) is 35.0 Å². The van der Waals surface area contributed by atoms with Crippen molar-refractivity contribution in [3.05, 3.63) is 35.4 Å². The fraction of sp³-hybridized carbons (Fsp3) is 0.698. The lowest BCUT2D eigenvalue weighted by atomic mass is 10.1. The molecule has 2 rings (SSSR count).